The number of rotatable bonds is 8. The predicted octanol–water partition coefficient (Wildman–Crippen LogP) is -1.63. The van der Waals surface area contributed by atoms with Crippen molar-refractivity contribution in [2.24, 2.45) is 0 Å². The van der Waals surface area contributed by atoms with E-state index in [2.05, 4.69) is 28.1 Å². The van der Waals surface area contributed by atoms with E-state index in [1.165, 1.54) is 10.9 Å². The van der Waals surface area contributed by atoms with Gasteiger partial charge in [0.15, 0.2) is 17.7 Å². The highest BCUT2D eigenvalue weighted by Crippen LogP contribution is 2.66. The predicted molar refractivity (Wildman–Crippen MR) is 95.5 cm³/mol. The fraction of sp³-hybridized carbons (Fsp3) is 0.500. The molecule has 0 aliphatic carbocycles. The Morgan fingerprint density at radius 3 is 2.48 bits per heavy atom. The summed E-state index contributed by atoms with van der Waals surface area (Å²) in [6.07, 6.45) is -3.69. The number of fused-ring (bicyclic) bond motifs is 1. The number of phosphoric ester groups is 1. The molecule has 1 aliphatic heterocycles. The highest BCUT2D eigenvalue weighted by molar-refractivity contribution is 7.66. The number of nitrogens with two attached hydrogens (primary N) is 1. The van der Waals surface area contributed by atoms with Crippen LogP contribution in [-0.2, 0) is 31.6 Å². The van der Waals surface area contributed by atoms with Crippen molar-refractivity contribution < 1.29 is 61.4 Å². The van der Waals surface area contributed by atoms with Crippen LogP contribution >= 0.6 is 23.5 Å². The first kappa shape index (κ1) is 24.3. The van der Waals surface area contributed by atoms with Crippen molar-refractivity contribution >= 4 is 40.4 Å². The van der Waals surface area contributed by atoms with Gasteiger partial charge in [0.1, 0.15) is 30.2 Å². The quantitative estimate of drug-likeness (QED) is 0.154. The largest absolute Gasteiger partial charge is 0.490 e. The number of hydrogen-bond donors (Lipinski definition) is 7. The minimum Gasteiger partial charge on any atom is -0.387 e. The Balaban J connectivity index is 1.69. The van der Waals surface area contributed by atoms with E-state index in [1.54, 1.807) is 0 Å². The van der Waals surface area contributed by atoms with Crippen LogP contribution in [0.25, 0.3) is 11.2 Å². The molecular formula is C10H16N5O13P3. The molecular weight excluding hydrogens is 497 g/mol. The van der Waals surface area contributed by atoms with Gasteiger partial charge in [-0.2, -0.15) is 8.62 Å². The summed E-state index contributed by atoms with van der Waals surface area (Å²) in [7, 11) is -16.7. The van der Waals surface area contributed by atoms with Gasteiger partial charge in [0, 0.05) is 0 Å². The van der Waals surface area contributed by atoms with E-state index in [0.717, 1.165) is 6.33 Å². The molecule has 31 heavy (non-hydrogen) atoms. The zero-order valence-electron chi connectivity index (χ0n) is 14.9. The summed E-state index contributed by atoms with van der Waals surface area (Å²) in [6, 6.07) is 0. The van der Waals surface area contributed by atoms with Gasteiger partial charge < -0.3 is 40.3 Å². The Hall–Kier alpha value is -1.36. The van der Waals surface area contributed by atoms with Crippen LogP contribution in [0.15, 0.2) is 12.7 Å². The fourth-order valence-electron chi connectivity index (χ4n) is 2.62. The van der Waals surface area contributed by atoms with Crippen LogP contribution in [0.3, 0.4) is 0 Å². The molecule has 0 bridgehead atoms. The zero-order valence-corrected chi connectivity index (χ0v) is 17.6. The third kappa shape index (κ3) is 5.71. The first-order valence-corrected chi connectivity index (χ1v) is 12.4. The number of aliphatic hydroxyl groups excluding tert-OH is 2. The second-order valence-corrected chi connectivity index (χ2v) is 10.4. The van der Waals surface area contributed by atoms with E-state index >= 15 is 0 Å². The summed E-state index contributed by atoms with van der Waals surface area (Å²) in [4.78, 5) is 47.2. The first-order chi connectivity index (χ1) is 14.2. The summed E-state index contributed by atoms with van der Waals surface area (Å²) in [5, 5.41) is 20.4. The molecule has 1 fully saturated rings. The molecule has 18 nitrogen and oxygen atoms in total. The van der Waals surface area contributed by atoms with E-state index in [4.69, 9.17) is 25.2 Å². The topological polar surface area (TPSA) is 279 Å². The molecule has 21 heteroatoms. The number of nitrogens with zero attached hydrogens (tertiary/aromatic N) is 4. The molecule has 0 amide bonds. The number of imidazole rings is 1. The Bertz CT molecular complexity index is 1100. The van der Waals surface area contributed by atoms with Crippen molar-refractivity contribution in [3.63, 3.8) is 0 Å². The van der Waals surface area contributed by atoms with Gasteiger partial charge >= 0.3 is 23.5 Å². The molecule has 1 aliphatic rings. The van der Waals surface area contributed by atoms with E-state index in [-0.39, 0.29) is 17.0 Å². The maximum absolute atomic E-state index is 11.8. The molecule has 2 aromatic rings. The maximum atomic E-state index is 11.8. The van der Waals surface area contributed by atoms with Crippen LogP contribution in [0, 0.1) is 0 Å². The minimum atomic E-state index is -5.70. The number of phosphoric acid groups is 3. The highest BCUT2D eigenvalue weighted by Gasteiger charge is 2.47. The van der Waals surface area contributed by atoms with Crippen LogP contribution in [0.5, 0.6) is 0 Å². The fourth-order valence-corrected chi connectivity index (χ4v) is 5.65. The Kier molecular flexibility index (Phi) is 6.68. The standard InChI is InChI=1S/C10H16N5O13P3/c11-8-5-9(13-2-12-8)15(3-14-5)10-7(17)6(16)4(26-10)1-25-30(21,22)28-31(23,24)27-29(18,19)20/h2-4,6-7,10,16-17H,1H2,(H,21,22)(H,23,24)(H2,11,12,13)(H2,18,19,20)/t4-,6-,7-,10-/m1/s1/i18+2,19+2,20+2. The van der Waals surface area contributed by atoms with Gasteiger partial charge in [-0.05, 0) is 0 Å². The van der Waals surface area contributed by atoms with Crippen molar-refractivity contribution in [1.29, 1.82) is 0 Å². The van der Waals surface area contributed by atoms with Crippen molar-refractivity contribution in [2.45, 2.75) is 24.5 Å². The summed E-state index contributed by atoms with van der Waals surface area (Å²) in [6.45, 7) is -0.956. The second kappa shape index (κ2) is 8.53. The van der Waals surface area contributed by atoms with Crippen LogP contribution in [0.1, 0.15) is 6.23 Å². The molecule has 2 aromatic heterocycles. The Labute approximate surface area is 171 Å². The molecule has 0 spiro atoms. The van der Waals surface area contributed by atoms with Gasteiger partial charge in [-0.1, -0.05) is 0 Å². The number of aliphatic hydroxyl groups is 2. The Morgan fingerprint density at radius 2 is 1.84 bits per heavy atom. The molecule has 3 heterocycles. The lowest BCUT2D eigenvalue weighted by atomic mass is 10.1. The molecule has 174 valence electrons. The second-order valence-electron chi connectivity index (χ2n) is 6.02. The average molecular weight is 513 g/mol. The van der Waals surface area contributed by atoms with Gasteiger partial charge in [-0.3, -0.25) is 9.09 Å². The van der Waals surface area contributed by atoms with Crippen LogP contribution in [0.2, 0.25) is 0 Å². The monoisotopic (exact) mass is 513 g/mol. The number of nitrogen functional groups attached to an aromatic ring is 1. The third-order valence-electron chi connectivity index (χ3n) is 3.82. The van der Waals surface area contributed by atoms with Crippen molar-refractivity contribution in [1.82, 2.24) is 19.5 Å². The van der Waals surface area contributed by atoms with Crippen molar-refractivity contribution in [3.05, 3.63) is 12.7 Å². The number of hydrogen-bond acceptors (Lipinski definition) is 13. The van der Waals surface area contributed by atoms with Gasteiger partial charge in [0.2, 0.25) is 0 Å². The minimum absolute atomic E-state index is 0.0426. The van der Waals surface area contributed by atoms with Crippen molar-refractivity contribution in [3.8, 4) is 0 Å². The molecule has 0 radical (unpaired) electrons. The van der Waals surface area contributed by atoms with Gasteiger partial charge in [0.05, 0.1) is 12.9 Å². The van der Waals surface area contributed by atoms with Crippen LogP contribution in [0.4, 0.5) is 5.82 Å². The van der Waals surface area contributed by atoms with E-state index in [1.807, 2.05) is 0 Å². The molecule has 0 saturated carbocycles. The average Bonchev–Trinajstić information content (AvgIpc) is 3.13. The van der Waals surface area contributed by atoms with Gasteiger partial charge in [-0.15, -0.1) is 0 Å². The van der Waals surface area contributed by atoms with Crippen molar-refractivity contribution in [2.75, 3.05) is 12.3 Å². The molecule has 1 saturated heterocycles. The van der Waals surface area contributed by atoms with E-state index in [0.29, 0.717) is 0 Å². The molecule has 3 rings (SSSR count). The lowest BCUT2D eigenvalue weighted by Gasteiger charge is -2.19. The van der Waals surface area contributed by atoms with E-state index < -0.39 is 54.6 Å². The molecule has 6 atom stereocenters. The van der Waals surface area contributed by atoms with Crippen LogP contribution < -0.4 is 5.73 Å². The molecule has 0 aromatic carbocycles. The third-order valence-corrected chi connectivity index (χ3v) is 7.62. The highest BCUT2D eigenvalue weighted by atomic mass is 31.3. The zero-order chi connectivity index (χ0) is 23.2. The summed E-state index contributed by atoms with van der Waals surface area (Å²) in [5.41, 5.74) is 6.00. The lowest BCUT2D eigenvalue weighted by Crippen LogP contribution is -2.33. The lowest BCUT2D eigenvalue weighted by molar-refractivity contribution is -0.0503. The smallest absolute Gasteiger partial charge is 0.387 e. The summed E-state index contributed by atoms with van der Waals surface area (Å²) in [5.74, 6) is 0.0426. The molecule has 8 N–H and O–H groups in total. The SMILES string of the molecule is Nc1ncnc2c1ncn2[C@@H]1O[C@H](COP(=O)(O)OP(=O)(O)OP(=[18O])([18OH])[18OH])[C@@H](O)[C@H]1O. The van der Waals surface area contributed by atoms with Crippen LogP contribution in [-0.4, -0.2) is 74.2 Å². The Morgan fingerprint density at radius 1 is 1.16 bits per heavy atom. The normalized spacial score (nSPS) is 28.5. The van der Waals surface area contributed by atoms with E-state index in [9.17, 15) is 28.8 Å². The first-order valence-electron chi connectivity index (χ1n) is 7.92. The number of anilines is 1. The van der Waals surface area contributed by atoms with Gasteiger partial charge in [0.25, 0.3) is 0 Å². The number of aromatic nitrogens is 4. The summed E-state index contributed by atoms with van der Waals surface area (Å²) < 4.78 is 51.9. The van der Waals surface area contributed by atoms with Gasteiger partial charge in [-0.25, -0.2) is 28.6 Å². The molecule has 2 unspecified atom stereocenters. The summed E-state index contributed by atoms with van der Waals surface area (Å²) >= 11 is 0. The number of ether oxygens (including phenoxy) is 1. The maximum Gasteiger partial charge on any atom is 0.490 e.